The molecule has 1 aromatic carbocycles. The van der Waals surface area contributed by atoms with Gasteiger partial charge < -0.3 is 24.5 Å². The van der Waals surface area contributed by atoms with Crippen LogP contribution < -0.4 is 9.64 Å². The van der Waals surface area contributed by atoms with Gasteiger partial charge in [0.25, 0.3) is 0 Å². The van der Waals surface area contributed by atoms with E-state index in [1.807, 2.05) is 88.9 Å². The van der Waals surface area contributed by atoms with Crippen LogP contribution in [0.4, 0.5) is 5.69 Å². The van der Waals surface area contributed by atoms with Gasteiger partial charge in [0.2, 0.25) is 17.7 Å². The van der Waals surface area contributed by atoms with E-state index < -0.39 is 33.4 Å². The van der Waals surface area contributed by atoms with E-state index in [2.05, 4.69) is 6.08 Å². The van der Waals surface area contributed by atoms with Crippen LogP contribution in [0.25, 0.3) is 0 Å². The number of anilines is 1. The van der Waals surface area contributed by atoms with E-state index in [1.54, 1.807) is 21.6 Å². The van der Waals surface area contributed by atoms with Crippen molar-refractivity contribution in [1.82, 2.24) is 9.80 Å². The first-order valence-corrected chi connectivity index (χ1v) is 15.7. The minimum Gasteiger partial charge on any atom is -0.494 e. The largest absolute Gasteiger partial charge is 0.494 e. The maximum Gasteiger partial charge on any atom is 0.247 e. The third-order valence-electron chi connectivity index (χ3n) is 9.45. The molecule has 0 saturated carbocycles. The normalized spacial score (nSPS) is 32.5. The molecule has 0 aromatic heterocycles. The highest BCUT2D eigenvalue weighted by Gasteiger charge is 2.74. The third-order valence-corrected chi connectivity index (χ3v) is 11.3. The molecule has 1 unspecified atom stereocenters. The van der Waals surface area contributed by atoms with Crippen LogP contribution in [-0.4, -0.2) is 86.6 Å². The number of fused-ring (bicyclic) bond motifs is 2. The smallest absolute Gasteiger partial charge is 0.247 e. The second kappa shape index (κ2) is 11.1. The van der Waals surface area contributed by atoms with Gasteiger partial charge in [0.05, 0.1) is 35.8 Å². The Kier molecular flexibility index (Phi) is 8.07. The minimum atomic E-state index is -0.931. The number of amides is 3. The fourth-order valence-electron chi connectivity index (χ4n) is 7.24. The highest BCUT2D eigenvalue weighted by Crippen LogP contribution is 2.66. The second-order valence-corrected chi connectivity index (χ2v) is 13.9. The van der Waals surface area contributed by atoms with Crippen LogP contribution in [0, 0.1) is 17.8 Å². The number of hydrogen-bond donors (Lipinski definition) is 1. The third kappa shape index (κ3) is 4.60. The summed E-state index contributed by atoms with van der Waals surface area (Å²) in [5.41, 5.74) is 0.739. The van der Waals surface area contributed by atoms with Gasteiger partial charge in [-0.3, -0.25) is 14.4 Å². The Labute approximate surface area is 247 Å². The van der Waals surface area contributed by atoms with E-state index in [1.165, 1.54) is 0 Å². The lowest BCUT2D eigenvalue weighted by molar-refractivity contribution is -0.147. The fraction of sp³-hybridized carbons (Fsp3) is 0.594. The molecule has 9 heteroatoms. The lowest BCUT2D eigenvalue weighted by Crippen LogP contribution is -2.58. The highest BCUT2D eigenvalue weighted by atomic mass is 32.2. The number of aliphatic hydroxyl groups excluding tert-OH is 1. The van der Waals surface area contributed by atoms with Crippen LogP contribution in [0.2, 0.25) is 0 Å². The molecule has 0 radical (unpaired) electrons. The molecule has 4 aliphatic rings. The maximum atomic E-state index is 14.7. The molecule has 7 atom stereocenters. The summed E-state index contributed by atoms with van der Waals surface area (Å²) in [5, 5.41) is 10.6. The summed E-state index contributed by atoms with van der Waals surface area (Å²) in [5.74, 6) is -1.17. The van der Waals surface area contributed by atoms with E-state index in [0.717, 1.165) is 17.9 Å². The Balaban J connectivity index is 1.63. The van der Waals surface area contributed by atoms with Gasteiger partial charge in [-0.1, -0.05) is 44.6 Å². The van der Waals surface area contributed by atoms with Crippen molar-refractivity contribution in [3.05, 3.63) is 48.6 Å². The molecule has 4 heterocycles. The Morgan fingerprint density at radius 3 is 2.27 bits per heavy atom. The van der Waals surface area contributed by atoms with E-state index in [9.17, 15) is 19.5 Å². The van der Waals surface area contributed by atoms with Gasteiger partial charge in [-0.15, -0.1) is 11.8 Å². The predicted octanol–water partition coefficient (Wildman–Crippen LogP) is 3.89. The van der Waals surface area contributed by atoms with Crippen LogP contribution in [0.3, 0.4) is 0 Å². The topological polar surface area (TPSA) is 90.4 Å². The molecule has 1 spiro atoms. The average molecular weight is 582 g/mol. The fourth-order valence-corrected chi connectivity index (χ4v) is 9.38. The first-order chi connectivity index (χ1) is 19.5. The van der Waals surface area contributed by atoms with Gasteiger partial charge in [-0.05, 0) is 57.9 Å². The van der Waals surface area contributed by atoms with Crippen molar-refractivity contribution in [3.8, 4) is 5.75 Å². The first-order valence-electron chi connectivity index (χ1n) is 14.9. The summed E-state index contributed by atoms with van der Waals surface area (Å²) >= 11 is 1.58. The zero-order chi connectivity index (χ0) is 29.7. The van der Waals surface area contributed by atoms with Crippen molar-refractivity contribution in [2.45, 2.75) is 75.6 Å². The van der Waals surface area contributed by atoms with Crippen LogP contribution in [0.1, 0.15) is 48.0 Å². The zero-order valence-electron chi connectivity index (χ0n) is 24.9. The second-order valence-electron chi connectivity index (χ2n) is 12.1. The predicted molar refractivity (Wildman–Crippen MR) is 162 cm³/mol. The van der Waals surface area contributed by atoms with Crippen molar-refractivity contribution in [2.75, 3.05) is 31.2 Å². The Bertz CT molecular complexity index is 1250. The molecule has 0 aliphatic carbocycles. The molecule has 0 bridgehead atoms. The van der Waals surface area contributed by atoms with E-state index >= 15 is 0 Å². The van der Waals surface area contributed by atoms with Gasteiger partial charge in [0.15, 0.2) is 0 Å². The summed E-state index contributed by atoms with van der Waals surface area (Å²) < 4.78 is 3.98. The van der Waals surface area contributed by atoms with Crippen molar-refractivity contribution in [3.63, 3.8) is 0 Å². The van der Waals surface area contributed by atoms with E-state index in [0.29, 0.717) is 19.7 Å². The molecule has 2 saturated heterocycles. The lowest BCUT2D eigenvalue weighted by Gasteiger charge is -2.42. The Morgan fingerprint density at radius 2 is 1.66 bits per heavy atom. The number of nitrogens with zero attached hydrogens (tertiary/aromatic N) is 3. The quantitative estimate of drug-likeness (QED) is 0.469. The number of aliphatic hydroxyl groups is 1. The summed E-state index contributed by atoms with van der Waals surface area (Å²) in [4.78, 5) is 48.9. The molecule has 2 fully saturated rings. The number of benzene rings is 1. The van der Waals surface area contributed by atoms with Crippen molar-refractivity contribution in [1.29, 1.82) is 0 Å². The van der Waals surface area contributed by atoms with Crippen LogP contribution in [0.15, 0.2) is 48.6 Å². The molecule has 4 aliphatic heterocycles. The molecule has 5 rings (SSSR count). The Morgan fingerprint density at radius 1 is 0.976 bits per heavy atom. The highest BCUT2D eigenvalue weighted by molar-refractivity contribution is 8.02. The Hall–Kier alpha value is -2.78. The number of carbonyl (C=O) groups excluding carboxylic acids is 3. The van der Waals surface area contributed by atoms with Crippen molar-refractivity contribution >= 4 is 35.2 Å². The van der Waals surface area contributed by atoms with Crippen molar-refractivity contribution in [2.24, 2.45) is 17.8 Å². The molecule has 222 valence electrons. The number of ether oxygens (including phenoxy) is 1. The van der Waals surface area contributed by atoms with Crippen molar-refractivity contribution < 1.29 is 24.2 Å². The lowest BCUT2D eigenvalue weighted by atomic mass is 9.74. The molecule has 1 aromatic rings. The maximum absolute atomic E-state index is 14.7. The summed E-state index contributed by atoms with van der Waals surface area (Å²) in [7, 11) is 0. The molecule has 41 heavy (non-hydrogen) atoms. The number of hydrogen-bond acceptors (Lipinski definition) is 6. The first kappa shape index (κ1) is 29.7. The SMILES string of the molecule is CCOc1ccc(N2CC=C[C@@]3(C)S[C@]45C=CCN(C(C)C)C(=O)C4N([C@@H](CO)[C@@H](C)CC)C(=O)[C@@H]5[C@H]3C2=O)cc1. The van der Waals surface area contributed by atoms with E-state index in [-0.39, 0.29) is 36.3 Å². The molecule has 3 amide bonds. The molecular formula is C32H43N3O5S. The van der Waals surface area contributed by atoms with Gasteiger partial charge >= 0.3 is 0 Å². The number of carbonyl (C=O) groups is 3. The average Bonchev–Trinajstić information content (AvgIpc) is 3.20. The zero-order valence-corrected chi connectivity index (χ0v) is 25.8. The molecular weight excluding hydrogens is 538 g/mol. The van der Waals surface area contributed by atoms with Gasteiger partial charge in [-0.2, -0.15) is 0 Å². The monoisotopic (exact) mass is 581 g/mol. The van der Waals surface area contributed by atoms with Crippen LogP contribution in [0.5, 0.6) is 5.75 Å². The molecule has 8 nitrogen and oxygen atoms in total. The summed E-state index contributed by atoms with van der Waals surface area (Å²) in [6.07, 6.45) is 8.86. The number of rotatable bonds is 8. The van der Waals surface area contributed by atoms with E-state index in [4.69, 9.17) is 4.74 Å². The minimum absolute atomic E-state index is 0.0196. The van der Waals surface area contributed by atoms with Gasteiger partial charge in [0, 0.05) is 29.6 Å². The summed E-state index contributed by atoms with van der Waals surface area (Å²) in [6, 6.07) is 6.09. The van der Waals surface area contributed by atoms with Crippen LogP contribution >= 0.6 is 11.8 Å². The number of thioether (sulfide) groups is 1. The van der Waals surface area contributed by atoms with Gasteiger partial charge in [-0.25, -0.2) is 0 Å². The van der Waals surface area contributed by atoms with Gasteiger partial charge in [0.1, 0.15) is 11.8 Å². The molecule has 1 N–H and O–H groups in total. The standard InChI is InChI=1S/C32H43N3O5S/c1-7-21(5)24(19-36)35-27-30(39)33(20(3)4)17-10-16-32(27)26(29(35)38)25-28(37)34(18-9-15-31(25,6)41-32)22-11-13-23(14-12-22)40-8-2/h9-16,20-21,24-27,36H,7-8,17-19H2,1-6H3/t21-,24-,25-,26-,27?,31+,32-/m0/s1. The van der Waals surface area contributed by atoms with Crippen LogP contribution in [-0.2, 0) is 14.4 Å². The number of likely N-dealkylation sites (tertiary alicyclic amines) is 1. The summed E-state index contributed by atoms with van der Waals surface area (Å²) in [6.45, 7) is 13.1.